The summed E-state index contributed by atoms with van der Waals surface area (Å²) in [6, 6.07) is 8.08. The normalized spacial score (nSPS) is 23.8. The molecule has 2 aliphatic heterocycles. The van der Waals surface area contributed by atoms with Crippen molar-refractivity contribution >= 4 is 39.5 Å². The minimum atomic E-state index is -3.92. The Balaban J connectivity index is 1.23. The number of likely N-dealkylation sites (tertiary alicyclic amines) is 1. The van der Waals surface area contributed by atoms with E-state index in [2.05, 4.69) is 28.5 Å². The number of rotatable bonds is 16. The summed E-state index contributed by atoms with van der Waals surface area (Å²) in [4.78, 5) is 58.1. The summed E-state index contributed by atoms with van der Waals surface area (Å²) in [5, 5.41) is 5.26. The molecule has 1 saturated heterocycles. The Hall–Kier alpha value is -4.79. The summed E-state index contributed by atoms with van der Waals surface area (Å²) in [5.74, 6) is -3.51. The zero-order chi connectivity index (χ0) is 37.9. The predicted octanol–water partition coefficient (Wildman–Crippen LogP) is 4.67. The molecule has 2 aromatic rings. The minimum Gasteiger partial charge on any atom is -0.444 e. The Bertz CT molecular complexity index is 1870. The lowest BCUT2D eigenvalue weighted by atomic mass is 10.0. The van der Waals surface area contributed by atoms with Gasteiger partial charge < -0.3 is 20.3 Å². The second-order valence-electron chi connectivity index (χ2n) is 14.3. The Morgan fingerprint density at radius 2 is 1.77 bits per heavy atom. The van der Waals surface area contributed by atoms with Crippen LogP contribution < -0.4 is 15.4 Å². The van der Waals surface area contributed by atoms with Crippen molar-refractivity contribution in [3.63, 3.8) is 0 Å². The SMILES string of the molecule is C=CCCCCC[C@H](Nc1ccc(F)cc1)C(=O)N1C[C@H](OC(=O)N2Cc3cccc(F)c3C2)C[C@H]1C(=O)N[C@]1(C(=O)NS(=O)(=O)C2CC2)C[C@@H]1C=C. The quantitative estimate of drug-likeness (QED) is 0.165. The van der Waals surface area contributed by atoms with Crippen molar-refractivity contribution < 1.29 is 41.1 Å². The van der Waals surface area contributed by atoms with Crippen LogP contribution in [-0.2, 0) is 42.2 Å². The van der Waals surface area contributed by atoms with E-state index in [1.54, 1.807) is 12.1 Å². The third kappa shape index (κ3) is 8.55. The number of anilines is 1. The molecule has 0 unspecified atom stereocenters. The van der Waals surface area contributed by atoms with Crippen molar-refractivity contribution in [3.8, 4) is 0 Å². The summed E-state index contributed by atoms with van der Waals surface area (Å²) in [6.07, 6.45) is 5.96. The molecule has 4 aliphatic rings. The summed E-state index contributed by atoms with van der Waals surface area (Å²) in [6.45, 7) is 7.47. The molecule has 2 saturated carbocycles. The van der Waals surface area contributed by atoms with Crippen LogP contribution in [0.3, 0.4) is 0 Å². The van der Waals surface area contributed by atoms with Gasteiger partial charge in [-0.2, -0.15) is 0 Å². The first-order valence-corrected chi connectivity index (χ1v) is 19.6. The molecule has 12 nitrogen and oxygen atoms in total. The van der Waals surface area contributed by atoms with Gasteiger partial charge in [-0.25, -0.2) is 22.0 Å². The number of unbranched alkanes of at least 4 members (excludes halogenated alkanes) is 3. The van der Waals surface area contributed by atoms with Gasteiger partial charge in [0.2, 0.25) is 21.8 Å². The number of hydrogen-bond donors (Lipinski definition) is 3. The number of carbonyl (C=O) groups is 4. The average Bonchev–Trinajstić information content (AvgIpc) is 4.02. The van der Waals surface area contributed by atoms with E-state index in [0.29, 0.717) is 42.5 Å². The molecule has 3 N–H and O–H groups in total. The van der Waals surface area contributed by atoms with Crippen LogP contribution in [0.5, 0.6) is 0 Å². The highest BCUT2D eigenvalue weighted by Gasteiger charge is 2.62. The topological polar surface area (TPSA) is 154 Å². The number of allylic oxidation sites excluding steroid dienone is 1. The molecular formula is C38H45F2N5O7S. The van der Waals surface area contributed by atoms with Crippen LogP contribution in [-0.4, -0.2) is 77.6 Å². The van der Waals surface area contributed by atoms with Crippen LogP contribution >= 0.6 is 0 Å². The monoisotopic (exact) mass is 753 g/mol. The number of ether oxygens (including phenoxy) is 1. The molecule has 53 heavy (non-hydrogen) atoms. The van der Waals surface area contributed by atoms with Gasteiger partial charge in [0.1, 0.15) is 35.4 Å². The highest BCUT2D eigenvalue weighted by Crippen LogP contribution is 2.45. The number of carbonyl (C=O) groups excluding carboxylic acids is 4. The second-order valence-corrected chi connectivity index (χ2v) is 16.3. The molecule has 4 amide bonds. The molecule has 15 heteroatoms. The molecule has 0 bridgehead atoms. The van der Waals surface area contributed by atoms with E-state index in [-0.39, 0.29) is 32.5 Å². The van der Waals surface area contributed by atoms with Gasteiger partial charge in [-0.3, -0.25) is 24.0 Å². The van der Waals surface area contributed by atoms with Gasteiger partial charge >= 0.3 is 6.09 Å². The van der Waals surface area contributed by atoms with Gasteiger partial charge in [0, 0.05) is 30.1 Å². The lowest BCUT2D eigenvalue weighted by Gasteiger charge is -2.30. The Morgan fingerprint density at radius 1 is 1.02 bits per heavy atom. The van der Waals surface area contributed by atoms with Crippen LogP contribution in [0.1, 0.15) is 68.9 Å². The number of halogens is 2. The molecular weight excluding hydrogens is 709 g/mol. The predicted molar refractivity (Wildman–Crippen MR) is 192 cm³/mol. The average molecular weight is 754 g/mol. The Kier molecular flexibility index (Phi) is 11.2. The standard InChI is InChI=1S/C38H45F2N5O7S/c1-3-5-6-7-8-12-32(41-27-15-13-26(39)14-16-27)35(47)45-22-28(52-37(49)44-21-24-10-9-11-31(40)30(24)23-44)19-33(45)34(46)42-38(20-25(38)4-2)36(48)43-53(50,51)29-17-18-29/h3-4,9-11,13-16,25,28-29,32-33,41H,1-2,5-8,12,17-23H2,(H,42,46)(H,43,48)/t25-,28+,32-,33-,38+/m0/s1. The van der Waals surface area contributed by atoms with Crippen LogP contribution in [0.2, 0.25) is 0 Å². The fourth-order valence-corrected chi connectivity index (χ4v) is 8.50. The second kappa shape index (κ2) is 15.7. The summed E-state index contributed by atoms with van der Waals surface area (Å²) in [5.41, 5.74) is -0.0638. The summed E-state index contributed by atoms with van der Waals surface area (Å²) >= 11 is 0. The molecule has 5 atom stereocenters. The van der Waals surface area contributed by atoms with Crippen LogP contribution in [0.4, 0.5) is 19.3 Å². The van der Waals surface area contributed by atoms with Crippen molar-refractivity contribution in [2.45, 2.75) is 99.9 Å². The third-order valence-corrected chi connectivity index (χ3v) is 12.3. The lowest BCUT2D eigenvalue weighted by molar-refractivity contribution is -0.140. The van der Waals surface area contributed by atoms with E-state index >= 15 is 0 Å². The first-order chi connectivity index (χ1) is 25.3. The van der Waals surface area contributed by atoms with Crippen molar-refractivity contribution in [1.82, 2.24) is 19.8 Å². The van der Waals surface area contributed by atoms with Gasteiger partial charge in [-0.05, 0) is 74.4 Å². The van der Waals surface area contributed by atoms with Gasteiger partial charge in [-0.15, -0.1) is 13.2 Å². The minimum absolute atomic E-state index is 0.0000243. The van der Waals surface area contributed by atoms with Crippen LogP contribution in [0.25, 0.3) is 0 Å². The number of amides is 4. The fourth-order valence-electron chi connectivity index (χ4n) is 7.14. The van der Waals surface area contributed by atoms with Crippen LogP contribution in [0.15, 0.2) is 67.8 Å². The largest absolute Gasteiger partial charge is 0.444 e. The molecule has 0 radical (unpaired) electrons. The molecule has 2 aromatic carbocycles. The van der Waals surface area contributed by atoms with E-state index in [4.69, 9.17) is 4.74 Å². The van der Waals surface area contributed by atoms with Gasteiger partial charge in [0.05, 0.1) is 18.3 Å². The number of sulfonamides is 1. The zero-order valence-corrected chi connectivity index (χ0v) is 30.2. The van der Waals surface area contributed by atoms with E-state index in [1.807, 2.05) is 6.08 Å². The molecule has 0 aromatic heterocycles. The molecule has 2 heterocycles. The fraction of sp³-hybridized carbons (Fsp3) is 0.474. The molecule has 2 aliphatic carbocycles. The van der Waals surface area contributed by atoms with E-state index in [0.717, 1.165) is 19.3 Å². The smallest absolute Gasteiger partial charge is 0.410 e. The Labute approximate surface area is 308 Å². The molecule has 284 valence electrons. The lowest BCUT2D eigenvalue weighted by Crippen LogP contribution is -2.57. The number of nitrogens with one attached hydrogen (secondary N) is 3. The van der Waals surface area contributed by atoms with Crippen LogP contribution in [0, 0.1) is 17.6 Å². The number of hydrogen-bond acceptors (Lipinski definition) is 8. The highest BCUT2D eigenvalue weighted by atomic mass is 32.2. The van der Waals surface area contributed by atoms with Gasteiger partial charge in [-0.1, -0.05) is 37.1 Å². The van der Waals surface area contributed by atoms with E-state index < -0.39 is 80.4 Å². The van der Waals surface area contributed by atoms with E-state index in [9.17, 15) is 36.4 Å². The van der Waals surface area contributed by atoms with E-state index in [1.165, 1.54) is 46.2 Å². The maximum absolute atomic E-state index is 14.5. The molecule has 3 fully saturated rings. The first-order valence-electron chi connectivity index (χ1n) is 18.0. The van der Waals surface area contributed by atoms with Gasteiger partial charge in [0.25, 0.3) is 5.91 Å². The number of benzene rings is 2. The number of nitrogens with zero attached hydrogens (tertiary/aromatic N) is 2. The summed E-state index contributed by atoms with van der Waals surface area (Å²) in [7, 11) is -3.92. The van der Waals surface area contributed by atoms with Crippen molar-refractivity contribution in [2.24, 2.45) is 5.92 Å². The third-order valence-electron chi connectivity index (χ3n) is 10.4. The van der Waals surface area contributed by atoms with Crippen molar-refractivity contribution in [1.29, 1.82) is 0 Å². The summed E-state index contributed by atoms with van der Waals surface area (Å²) < 4.78 is 61.5. The first kappa shape index (κ1) is 38.0. The van der Waals surface area contributed by atoms with Gasteiger partial charge in [0.15, 0.2) is 0 Å². The van der Waals surface area contributed by atoms with Crippen molar-refractivity contribution in [3.05, 3.63) is 90.5 Å². The zero-order valence-electron chi connectivity index (χ0n) is 29.4. The van der Waals surface area contributed by atoms with Crippen molar-refractivity contribution in [2.75, 3.05) is 11.9 Å². The Morgan fingerprint density at radius 3 is 2.43 bits per heavy atom. The maximum atomic E-state index is 14.5. The molecule has 0 spiro atoms. The maximum Gasteiger partial charge on any atom is 0.410 e. The highest BCUT2D eigenvalue weighted by molar-refractivity contribution is 7.91. The number of fused-ring (bicyclic) bond motifs is 1. The molecule has 6 rings (SSSR count).